The Morgan fingerprint density at radius 2 is 2.50 bits per heavy atom. The number of thioether (sulfide) groups is 1. The molecule has 0 aliphatic heterocycles. The molecule has 6 heteroatoms. The summed E-state index contributed by atoms with van der Waals surface area (Å²) in [5, 5.41) is 9.34. The zero-order valence-corrected chi connectivity index (χ0v) is 8.80. The van der Waals surface area contributed by atoms with Crippen molar-refractivity contribution in [3.05, 3.63) is 16.7 Å². The number of ether oxygens (including phenoxy) is 1. The van der Waals surface area contributed by atoms with Gasteiger partial charge in [-0.05, 0) is 0 Å². The Kier molecular flexibility index (Phi) is 3.97. The van der Waals surface area contributed by atoms with E-state index in [1.807, 2.05) is 6.92 Å². The summed E-state index contributed by atoms with van der Waals surface area (Å²) in [6.07, 6.45) is 1.32. The van der Waals surface area contributed by atoms with Gasteiger partial charge in [-0.1, -0.05) is 18.7 Å². The highest BCUT2D eigenvalue weighted by atomic mass is 32.2. The third-order valence-corrected chi connectivity index (χ3v) is 2.62. The number of aromatic amines is 1. The highest BCUT2D eigenvalue weighted by Gasteiger charge is 2.12. The standard InChI is InChI=1S/C8H12N2O3S/c1-5(3-11)14-8-6(13-2)7(12)9-4-10-8/h4-5,11H,3H2,1-2H3,(H,9,10,12). The lowest BCUT2D eigenvalue weighted by atomic mass is 10.5. The number of hydrogen-bond donors (Lipinski definition) is 2. The molecule has 0 amide bonds. The van der Waals surface area contributed by atoms with E-state index in [1.54, 1.807) is 0 Å². The molecule has 0 fully saturated rings. The van der Waals surface area contributed by atoms with Gasteiger partial charge in [0.25, 0.3) is 5.56 Å². The van der Waals surface area contributed by atoms with E-state index in [0.29, 0.717) is 5.03 Å². The molecule has 1 aromatic heterocycles. The minimum Gasteiger partial charge on any atom is -0.489 e. The molecule has 0 radical (unpaired) electrons. The summed E-state index contributed by atoms with van der Waals surface area (Å²) in [7, 11) is 1.42. The highest BCUT2D eigenvalue weighted by molar-refractivity contribution is 8.00. The molecule has 5 nitrogen and oxygen atoms in total. The number of methoxy groups -OCH3 is 1. The average Bonchev–Trinajstić information content (AvgIpc) is 2.18. The van der Waals surface area contributed by atoms with Gasteiger partial charge in [-0.2, -0.15) is 0 Å². The van der Waals surface area contributed by atoms with E-state index in [4.69, 9.17) is 9.84 Å². The second kappa shape index (κ2) is 5.02. The van der Waals surface area contributed by atoms with Gasteiger partial charge in [-0.15, -0.1) is 0 Å². The molecule has 78 valence electrons. The van der Waals surface area contributed by atoms with Crippen molar-refractivity contribution < 1.29 is 9.84 Å². The number of nitrogens with zero attached hydrogens (tertiary/aromatic N) is 1. The van der Waals surface area contributed by atoms with Crippen LogP contribution in [-0.4, -0.2) is 34.0 Å². The normalized spacial score (nSPS) is 12.5. The first kappa shape index (κ1) is 11.1. The van der Waals surface area contributed by atoms with Crippen LogP contribution < -0.4 is 10.3 Å². The van der Waals surface area contributed by atoms with Gasteiger partial charge < -0.3 is 14.8 Å². The Morgan fingerprint density at radius 1 is 1.79 bits per heavy atom. The molecule has 0 saturated carbocycles. The van der Waals surface area contributed by atoms with E-state index in [9.17, 15) is 4.79 Å². The summed E-state index contributed by atoms with van der Waals surface area (Å²) in [6.45, 7) is 1.87. The Morgan fingerprint density at radius 3 is 3.07 bits per heavy atom. The van der Waals surface area contributed by atoms with Crippen LogP contribution in [0.1, 0.15) is 6.92 Å². The van der Waals surface area contributed by atoms with Crippen LogP contribution in [0.25, 0.3) is 0 Å². The smallest absolute Gasteiger partial charge is 0.294 e. The number of nitrogens with one attached hydrogen (secondary N) is 1. The molecule has 0 spiro atoms. The maximum atomic E-state index is 11.2. The third-order valence-electron chi connectivity index (χ3n) is 1.55. The van der Waals surface area contributed by atoms with E-state index < -0.39 is 0 Å². The van der Waals surface area contributed by atoms with Crippen molar-refractivity contribution in [1.29, 1.82) is 0 Å². The second-order valence-electron chi connectivity index (χ2n) is 2.68. The average molecular weight is 216 g/mol. The number of hydrogen-bond acceptors (Lipinski definition) is 5. The van der Waals surface area contributed by atoms with Gasteiger partial charge >= 0.3 is 0 Å². The van der Waals surface area contributed by atoms with Gasteiger partial charge in [0.05, 0.1) is 20.0 Å². The van der Waals surface area contributed by atoms with Crippen molar-refractivity contribution in [3.8, 4) is 5.75 Å². The van der Waals surface area contributed by atoms with Gasteiger partial charge in [0, 0.05) is 5.25 Å². The van der Waals surface area contributed by atoms with Crippen molar-refractivity contribution in [1.82, 2.24) is 9.97 Å². The van der Waals surface area contributed by atoms with Crippen molar-refractivity contribution in [2.24, 2.45) is 0 Å². The molecular formula is C8H12N2O3S. The van der Waals surface area contributed by atoms with Gasteiger partial charge in [0.2, 0.25) is 5.75 Å². The van der Waals surface area contributed by atoms with Crippen LogP contribution in [0.15, 0.2) is 16.1 Å². The fraction of sp³-hybridized carbons (Fsp3) is 0.500. The number of aliphatic hydroxyl groups excluding tert-OH is 1. The van der Waals surface area contributed by atoms with Gasteiger partial charge in [0.1, 0.15) is 5.03 Å². The van der Waals surface area contributed by atoms with Crippen LogP contribution in [0.5, 0.6) is 5.75 Å². The molecule has 0 aliphatic carbocycles. The lowest BCUT2D eigenvalue weighted by Gasteiger charge is -2.08. The molecule has 0 saturated heterocycles. The lowest BCUT2D eigenvalue weighted by molar-refractivity contribution is 0.299. The quantitative estimate of drug-likeness (QED) is 0.557. The van der Waals surface area contributed by atoms with Crippen LogP contribution in [0.2, 0.25) is 0 Å². The molecule has 14 heavy (non-hydrogen) atoms. The number of aromatic nitrogens is 2. The van der Waals surface area contributed by atoms with Gasteiger partial charge in [-0.3, -0.25) is 4.79 Å². The zero-order valence-electron chi connectivity index (χ0n) is 7.98. The Labute approximate surface area is 85.5 Å². The molecule has 2 N–H and O–H groups in total. The van der Waals surface area contributed by atoms with Gasteiger partial charge in [0.15, 0.2) is 0 Å². The van der Waals surface area contributed by atoms with E-state index >= 15 is 0 Å². The van der Waals surface area contributed by atoms with Gasteiger partial charge in [-0.25, -0.2) is 4.98 Å². The van der Waals surface area contributed by atoms with E-state index in [1.165, 1.54) is 25.2 Å². The van der Waals surface area contributed by atoms with Crippen LogP contribution in [0.4, 0.5) is 0 Å². The van der Waals surface area contributed by atoms with Crippen molar-refractivity contribution in [2.75, 3.05) is 13.7 Å². The minimum atomic E-state index is -0.310. The largest absolute Gasteiger partial charge is 0.489 e. The number of H-pyrrole nitrogens is 1. The molecule has 0 bridgehead atoms. The first-order chi connectivity index (χ1) is 6.69. The summed E-state index contributed by atoms with van der Waals surface area (Å²) in [5.74, 6) is 0.192. The molecule has 1 atom stereocenters. The van der Waals surface area contributed by atoms with Crippen LogP contribution in [0.3, 0.4) is 0 Å². The predicted octanol–water partition coefficient (Wildman–Crippen LogP) is 0.251. The fourth-order valence-electron chi connectivity index (χ4n) is 0.863. The van der Waals surface area contributed by atoms with E-state index in [-0.39, 0.29) is 23.2 Å². The summed E-state index contributed by atoms with van der Waals surface area (Å²) < 4.78 is 4.91. The van der Waals surface area contributed by atoms with Crippen LogP contribution in [0, 0.1) is 0 Å². The van der Waals surface area contributed by atoms with E-state index in [0.717, 1.165) is 0 Å². The fourth-order valence-corrected chi connectivity index (χ4v) is 1.71. The Hall–Kier alpha value is -1.01. The van der Waals surface area contributed by atoms with Crippen molar-refractivity contribution in [2.45, 2.75) is 17.2 Å². The summed E-state index contributed by atoms with van der Waals surface area (Å²) in [5.41, 5.74) is -0.310. The first-order valence-corrected chi connectivity index (χ1v) is 4.96. The Balaban J connectivity index is 2.96. The molecular weight excluding hydrogens is 204 g/mol. The van der Waals surface area contributed by atoms with Crippen LogP contribution in [-0.2, 0) is 0 Å². The van der Waals surface area contributed by atoms with Crippen molar-refractivity contribution >= 4 is 11.8 Å². The highest BCUT2D eigenvalue weighted by Crippen LogP contribution is 2.26. The monoisotopic (exact) mass is 216 g/mol. The Bertz CT molecular complexity index is 353. The molecule has 1 unspecified atom stereocenters. The topological polar surface area (TPSA) is 75.2 Å². The molecule has 1 heterocycles. The SMILES string of the molecule is COc1c(SC(C)CO)nc[nH]c1=O. The maximum absolute atomic E-state index is 11.2. The van der Waals surface area contributed by atoms with Crippen molar-refractivity contribution in [3.63, 3.8) is 0 Å². The summed E-state index contributed by atoms with van der Waals surface area (Å²) in [6, 6.07) is 0. The lowest BCUT2D eigenvalue weighted by Crippen LogP contribution is -2.12. The maximum Gasteiger partial charge on any atom is 0.294 e. The first-order valence-electron chi connectivity index (χ1n) is 4.08. The summed E-state index contributed by atoms with van der Waals surface area (Å²) >= 11 is 1.30. The predicted molar refractivity (Wildman–Crippen MR) is 53.8 cm³/mol. The number of aliphatic hydroxyl groups is 1. The molecule has 0 aromatic carbocycles. The molecule has 1 rings (SSSR count). The third kappa shape index (κ3) is 2.49. The second-order valence-corrected chi connectivity index (χ2v) is 4.11. The number of rotatable bonds is 4. The van der Waals surface area contributed by atoms with E-state index in [2.05, 4.69) is 9.97 Å². The summed E-state index contributed by atoms with van der Waals surface area (Å²) in [4.78, 5) is 17.6. The molecule has 0 aliphatic rings. The zero-order chi connectivity index (χ0) is 10.6. The van der Waals surface area contributed by atoms with Crippen LogP contribution >= 0.6 is 11.8 Å². The molecule has 1 aromatic rings. The minimum absolute atomic E-state index is 0.0156.